The van der Waals surface area contributed by atoms with Crippen LogP contribution in [0.4, 0.5) is 0 Å². The van der Waals surface area contributed by atoms with E-state index in [1.807, 2.05) is 0 Å². The number of hydrogen-bond donors (Lipinski definition) is 1. The first-order valence-electron chi connectivity index (χ1n) is 6.93. The molecule has 0 unspecified atom stereocenters. The third kappa shape index (κ3) is 0.712. The van der Waals surface area contributed by atoms with Crippen molar-refractivity contribution >= 4 is 0 Å². The second-order valence-corrected chi connectivity index (χ2v) is 6.80. The standard InChI is InChI=1S/C14H22O/c15-11-10-14(13(11)6-1-2-7-13)9-8-12(14)4-3-5-12/h11,15H,1-10H2/t11-,14+/m0/s1. The van der Waals surface area contributed by atoms with Crippen LogP contribution < -0.4 is 0 Å². The summed E-state index contributed by atoms with van der Waals surface area (Å²) in [6, 6.07) is 0. The molecule has 0 radical (unpaired) electrons. The first-order valence-corrected chi connectivity index (χ1v) is 6.93. The number of rotatable bonds is 0. The van der Waals surface area contributed by atoms with Crippen LogP contribution in [0.3, 0.4) is 0 Å². The van der Waals surface area contributed by atoms with E-state index in [4.69, 9.17) is 0 Å². The number of aliphatic hydroxyl groups is 1. The molecule has 0 amide bonds. The normalized spacial score (nSPS) is 49.0. The summed E-state index contributed by atoms with van der Waals surface area (Å²) >= 11 is 0. The Morgan fingerprint density at radius 3 is 1.93 bits per heavy atom. The maximum atomic E-state index is 10.3. The van der Waals surface area contributed by atoms with Gasteiger partial charge in [-0.3, -0.25) is 0 Å². The van der Waals surface area contributed by atoms with E-state index < -0.39 is 0 Å². The Kier molecular flexibility index (Phi) is 1.47. The predicted molar refractivity (Wildman–Crippen MR) is 59.5 cm³/mol. The van der Waals surface area contributed by atoms with Crippen LogP contribution in [0.15, 0.2) is 0 Å². The molecule has 0 aromatic rings. The average Bonchev–Trinajstić information content (AvgIpc) is 2.60. The Bertz CT molecular complexity index is 293. The Labute approximate surface area is 92.3 Å². The third-order valence-electron chi connectivity index (χ3n) is 6.98. The largest absolute Gasteiger partial charge is 0.393 e. The van der Waals surface area contributed by atoms with Crippen molar-refractivity contribution in [2.75, 3.05) is 0 Å². The van der Waals surface area contributed by atoms with E-state index in [2.05, 4.69) is 0 Å². The maximum Gasteiger partial charge on any atom is 0.0607 e. The van der Waals surface area contributed by atoms with Gasteiger partial charge >= 0.3 is 0 Å². The van der Waals surface area contributed by atoms with E-state index in [1.54, 1.807) is 0 Å². The smallest absolute Gasteiger partial charge is 0.0607 e. The van der Waals surface area contributed by atoms with Crippen molar-refractivity contribution in [3.63, 3.8) is 0 Å². The molecular formula is C14H22O. The number of aliphatic hydroxyl groups excluding tert-OH is 1. The molecule has 1 N–H and O–H groups in total. The van der Waals surface area contributed by atoms with Gasteiger partial charge in [0.25, 0.3) is 0 Å². The van der Waals surface area contributed by atoms with Gasteiger partial charge in [-0.15, -0.1) is 0 Å². The van der Waals surface area contributed by atoms with E-state index in [1.165, 1.54) is 57.8 Å². The zero-order chi connectivity index (χ0) is 10.1. The Morgan fingerprint density at radius 2 is 1.53 bits per heavy atom. The van der Waals surface area contributed by atoms with Gasteiger partial charge in [0.15, 0.2) is 0 Å². The summed E-state index contributed by atoms with van der Waals surface area (Å²) in [6.45, 7) is 0. The minimum atomic E-state index is 0.0674. The van der Waals surface area contributed by atoms with Gasteiger partial charge in [-0.05, 0) is 55.8 Å². The van der Waals surface area contributed by atoms with Crippen molar-refractivity contribution in [3.05, 3.63) is 0 Å². The van der Waals surface area contributed by atoms with Gasteiger partial charge in [-0.2, -0.15) is 0 Å². The van der Waals surface area contributed by atoms with Crippen LogP contribution in [-0.4, -0.2) is 11.2 Å². The molecule has 0 aromatic carbocycles. The molecule has 1 nitrogen and oxygen atoms in total. The van der Waals surface area contributed by atoms with Gasteiger partial charge < -0.3 is 5.11 Å². The highest BCUT2D eigenvalue weighted by Gasteiger charge is 2.77. The first-order chi connectivity index (χ1) is 7.25. The lowest BCUT2D eigenvalue weighted by molar-refractivity contribution is -0.320. The molecular weight excluding hydrogens is 184 g/mol. The zero-order valence-electron chi connectivity index (χ0n) is 9.60. The van der Waals surface area contributed by atoms with Gasteiger partial charge in [0, 0.05) is 5.41 Å². The van der Waals surface area contributed by atoms with Crippen LogP contribution in [-0.2, 0) is 0 Å². The maximum absolute atomic E-state index is 10.3. The van der Waals surface area contributed by atoms with Crippen LogP contribution in [0.2, 0.25) is 0 Å². The fraction of sp³-hybridized carbons (Fsp3) is 1.00. The lowest BCUT2D eigenvalue weighted by atomic mass is 9.27. The highest BCUT2D eigenvalue weighted by atomic mass is 16.3. The van der Waals surface area contributed by atoms with Gasteiger partial charge in [0.1, 0.15) is 0 Å². The Hall–Kier alpha value is -0.0400. The summed E-state index contributed by atoms with van der Waals surface area (Å²) < 4.78 is 0. The van der Waals surface area contributed by atoms with Crippen molar-refractivity contribution in [2.24, 2.45) is 16.2 Å². The van der Waals surface area contributed by atoms with Crippen LogP contribution >= 0.6 is 0 Å². The molecule has 1 heteroatoms. The fourth-order valence-electron chi connectivity index (χ4n) is 5.94. The second-order valence-electron chi connectivity index (χ2n) is 6.80. The minimum Gasteiger partial charge on any atom is -0.393 e. The molecule has 0 saturated heterocycles. The van der Waals surface area contributed by atoms with Crippen molar-refractivity contribution in [3.8, 4) is 0 Å². The Morgan fingerprint density at radius 1 is 0.800 bits per heavy atom. The lowest BCUT2D eigenvalue weighted by Crippen LogP contribution is -2.73. The molecule has 4 aliphatic rings. The topological polar surface area (TPSA) is 20.2 Å². The highest BCUT2D eigenvalue weighted by molar-refractivity contribution is 5.26. The Balaban J connectivity index is 1.72. The molecule has 0 bridgehead atoms. The molecule has 0 aromatic heterocycles. The molecule has 4 rings (SSSR count). The summed E-state index contributed by atoms with van der Waals surface area (Å²) in [4.78, 5) is 0. The minimum absolute atomic E-state index is 0.0674. The molecule has 0 aliphatic heterocycles. The van der Waals surface area contributed by atoms with E-state index in [0.29, 0.717) is 10.8 Å². The van der Waals surface area contributed by atoms with Gasteiger partial charge in [0.2, 0.25) is 0 Å². The van der Waals surface area contributed by atoms with Crippen molar-refractivity contribution < 1.29 is 5.11 Å². The molecule has 84 valence electrons. The first kappa shape index (κ1) is 9.04. The molecule has 2 atom stereocenters. The summed E-state index contributed by atoms with van der Waals surface area (Å²) in [5.41, 5.74) is 1.77. The molecule has 4 saturated carbocycles. The monoisotopic (exact) mass is 206 g/mol. The van der Waals surface area contributed by atoms with Crippen LogP contribution in [0.5, 0.6) is 0 Å². The van der Waals surface area contributed by atoms with E-state index >= 15 is 0 Å². The fourth-order valence-corrected chi connectivity index (χ4v) is 5.94. The van der Waals surface area contributed by atoms with E-state index in [-0.39, 0.29) is 6.10 Å². The number of fused-ring (bicyclic) bond motifs is 2. The quantitative estimate of drug-likeness (QED) is 0.645. The average molecular weight is 206 g/mol. The summed E-state index contributed by atoms with van der Waals surface area (Å²) in [5.74, 6) is 0. The van der Waals surface area contributed by atoms with Crippen LogP contribution in [0, 0.1) is 16.2 Å². The lowest BCUT2D eigenvalue weighted by Gasteiger charge is -2.78. The molecule has 0 heterocycles. The predicted octanol–water partition coefficient (Wildman–Crippen LogP) is 3.26. The van der Waals surface area contributed by atoms with E-state index in [9.17, 15) is 5.11 Å². The van der Waals surface area contributed by atoms with Gasteiger partial charge in [-0.1, -0.05) is 19.3 Å². The van der Waals surface area contributed by atoms with Crippen LogP contribution in [0.1, 0.15) is 64.2 Å². The summed E-state index contributed by atoms with van der Waals surface area (Å²) in [6.07, 6.45) is 14.1. The zero-order valence-corrected chi connectivity index (χ0v) is 9.60. The molecule has 4 fully saturated rings. The summed E-state index contributed by atoms with van der Waals surface area (Å²) in [7, 11) is 0. The molecule has 15 heavy (non-hydrogen) atoms. The van der Waals surface area contributed by atoms with Crippen LogP contribution in [0.25, 0.3) is 0 Å². The van der Waals surface area contributed by atoms with Gasteiger partial charge in [-0.25, -0.2) is 0 Å². The van der Waals surface area contributed by atoms with Crippen molar-refractivity contribution in [2.45, 2.75) is 70.3 Å². The third-order valence-corrected chi connectivity index (χ3v) is 6.98. The highest BCUT2D eigenvalue weighted by Crippen LogP contribution is 2.83. The second kappa shape index (κ2) is 2.45. The number of hydrogen-bond acceptors (Lipinski definition) is 1. The molecule has 3 spiro atoms. The van der Waals surface area contributed by atoms with Gasteiger partial charge in [0.05, 0.1) is 6.10 Å². The molecule has 4 aliphatic carbocycles. The van der Waals surface area contributed by atoms with Crippen molar-refractivity contribution in [1.82, 2.24) is 0 Å². The summed E-state index contributed by atoms with van der Waals surface area (Å²) in [5, 5.41) is 10.3. The van der Waals surface area contributed by atoms with E-state index in [0.717, 1.165) is 11.8 Å². The van der Waals surface area contributed by atoms with Crippen molar-refractivity contribution in [1.29, 1.82) is 0 Å². The SMILES string of the molecule is O[C@H]1C[C@@]2(CCC23CCC3)C12CCCC2.